The number of hydrogen-bond acceptors (Lipinski definition) is 6. The molecular weight excluding hydrogens is 544 g/mol. The molecule has 6 heteroatoms. The molecule has 0 radical (unpaired) electrons. The zero-order valence-electron chi connectivity index (χ0n) is 25.2. The Morgan fingerprint density at radius 2 is 1.09 bits per heavy atom. The van der Waals surface area contributed by atoms with Crippen molar-refractivity contribution in [3.63, 3.8) is 0 Å². The highest BCUT2D eigenvalue weighted by Crippen LogP contribution is 2.71. The molecule has 9 aliphatic heterocycles. The Morgan fingerprint density at radius 1 is 0.614 bits per heavy atom. The summed E-state index contributed by atoms with van der Waals surface area (Å²) >= 11 is 0. The van der Waals surface area contributed by atoms with Gasteiger partial charge in [-0.25, -0.2) is 0 Å². The van der Waals surface area contributed by atoms with Crippen LogP contribution in [-0.2, 0) is 20.3 Å². The van der Waals surface area contributed by atoms with Crippen LogP contribution < -0.4 is 9.80 Å². The van der Waals surface area contributed by atoms with Crippen molar-refractivity contribution in [2.45, 2.75) is 73.1 Å². The summed E-state index contributed by atoms with van der Waals surface area (Å²) in [5, 5.41) is 0. The van der Waals surface area contributed by atoms with E-state index in [0.29, 0.717) is 47.8 Å². The van der Waals surface area contributed by atoms with Crippen molar-refractivity contribution in [1.29, 1.82) is 0 Å². The molecule has 0 unspecified atom stereocenters. The van der Waals surface area contributed by atoms with E-state index in [0.717, 1.165) is 26.3 Å². The molecule has 0 aromatic heterocycles. The fourth-order valence-corrected chi connectivity index (χ4v) is 14.5. The molecule has 2 aliphatic carbocycles. The summed E-state index contributed by atoms with van der Waals surface area (Å²) in [7, 11) is 0. The van der Waals surface area contributed by atoms with Gasteiger partial charge < -0.3 is 19.3 Å². The number of rotatable bonds is 0. The first-order chi connectivity index (χ1) is 21.8. The molecule has 44 heavy (non-hydrogen) atoms. The highest BCUT2D eigenvalue weighted by molar-refractivity contribution is 5.72. The van der Waals surface area contributed by atoms with Gasteiger partial charge in [0.25, 0.3) is 0 Å². The summed E-state index contributed by atoms with van der Waals surface area (Å²) in [6, 6.07) is 21.3. The summed E-state index contributed by atoms with van der Waals surface area (Å²) in [6.07, 6.45) is 10.3. The number of fused-ring (bicyclic) bond motifs is 6. The summed E-state index contributed by atoms with van der Waals surface area (Å²) in [6.45, 7) is 6.18. The first kappa shape index (κ1) is 23.7. The monoisotopic (exact) mass is 584 g/mol. The van der Waals surface area contributed by atoms with E-state index in [1.165, 1.54) is 50.1 Å². The number of nitrogens with zero attached hydrogens (tertiary/aromatic N) is 4. The number of piperidine rings is 2. The smallest absolute Gasteiger partial charge is 0.136 e. The molecule has 4 bridgehead atoms. The van der Waals surface area contributed by atoms with Crippen molar-refractivity contribution in [3.05, 3.63) is 83.0 Å². The molecule has 11 aliphatic rings. The average molecular weight is 585 g/mol. The lowest BCUT2D eigenvalue weighted by Crippen LogP contribution is -2.76. The van der Waals surface area contributed by atoms with Gasteiger partial charge in [0.15, 0.2) is 0 Å². The molecule has 2 saturated carbocycles. The molecule has 12 atom stereocenters. The number of hydrogen-bond donors (Lipinski definition) is 0. The van der Waals surface area contributed by atoms with Crippen molar-refractivity contribution in [3.8, 4) is 0 Å². The van der Waals surface area contributed by atoms with Crippen LogP contribution in [0.15, 0.2) is 71.8 Å². The summed E-state index contributed by atoms with van der Waals surface area (Å²) in [5.41, 5.74) is 9.81. The Labute approximate surface area is 259 Å². The van der Waals surface area contributed by atoms with E-state index in [4.69, 9.17) is 9.47 Å². The lowest BCUT2D eigenvalue weighted by Gasteiger charge is -2.65. The normalized spacial score (nSPS) is 49.4. The molecule has 2 spiro atoms. The van der Waals surface area contributed by atoms with Crippen LogP contribution in [0.2, 0.25) is 0 Å². The van der Waals surface area contributed by atoms with Gasteiger partial charge in [-0.2, -0.15) is 0 Å². The zero-order valence-corrected chi connectivity index (χ0v) is 25.2. The molecular formula is C38H40N4O2. The standard InChI is InChI=1S/C38H40N4O2/c1-3-7-27-25(5-1)37-11-13-39-19-21-10-16-44-36-31(23(21)17-29(37)39)33(37)41(27)35-32-24-18-30-38(12-14-40(30)20-22(24)9-15-43-35)26-6-2-4-8-28(26)42(36)34(32)38/h1-10,23-24,29-36H,11-20H2/t23-,24-,29+,30+,31+,32+,33+,34+,35-,36+,37+,38-/m1/s1. The van der Waals surface area contributed by atoms with Crippen LogP contribution >= 0.6 is 0 Å². The van der Waals surface area contributed by atoms with Crippen molar-refractivity contribution in [2.24, 2.45) is 23.7 Å². The van der Waals surface area contributed by atoms with Gasteiger partial charge in [0.2, 0.25) is 0 Å². The van der Waals surface area contributed by atoms with E-state index in [-0.39, 0.29) is 23.3 Å². The van der Waals surface area contributed by atoms with Gasteiger partial charge in [0.1, 0.15) is 12.5 Å². The fourth-order valence-electron chi connectivity index (χ4n) is 14.5. The Morgan fingerprint density at radius 3 is 1.59 bits per heavy atom. The lowest BCUT2D eigenvalue weighted by molar-refractivity contribution is -0.105. The van der Waals surface area contributed by atoms with Gasteiger partial charge in [-0.3, -0.25) is 9.80 Å². The first-order valence-corrected chi connectivity index (χ1v) is 17.6. The van der Waals surface area contributed by atoms with E-state index in [9.17, 15) is 0 Å². The third-order valence-corrected chi connectivity index (χ3v) is 15.5. The summed E-state index contributed by atoms with van der Waals surface area (Å²) in [4.78, 5) is 11.6. The number of anilines is 2. The number of para-hydroxylation sites is 2. The topological polar surface area (TPSA) is 31.4 Å². The molecule has 7 fully saturated rings. The lowest BCUT2D eigenvalue weighted by atomic mass is 9.52. The largest absolute Gasteiger partial charge is 0.354 e. The van der Waals surface area contributed by atoms with Crippen molar-refractivity contribution < 1.29 is 9.47 Å². The Bertz CT molecular complexity index is 1610. The third kappa shape index (κ3) is 2.28. The van der Waals surface area contributed by atoms with Crippen molar-refractivity contribution in [1.82, 2.24) is 9.80 Å². The maximum atomic E-state index is 7.36. The predicted octanol–water partition coefficient (Wildman–Crippen LogP) is 4.27. The zero-order chi connectivity index (χ0) is 28.1. The second-order valence-electron chi connectivity index (χ2n) is 16.1. The van der Waals surface area contributed by atoms with Gasteiger partial charge in [-0.05, 0) is 73.9 Å². The maximum absolute atomic E-state index is 7.36. The van der Waals surface area contributed by atoms with Gasteiger partial charge in [-0.15, -0.1) is 0 Å². The van der Waals surface area contributed by atoms with E-state index in [2.05, 4.69) is 80.3 Å². The van der Waals surface area contributed by atoms with Crippen LogP contribution in [0, 0.1) is 23.7 Å². The van der Waals surface area contributed by atoms with Crippen molar-refractivity contribution >= 4 is 11.4 Å². The minimum Gasteiger partial charge on any atom is -0.354 e. The van der Waals surface area contributed by atoms with E-state index < -0.39 is 0 Å². The highest BCUT2D eigenvalue weighted by atomic mass is 16.5. The Kier molecular flexibility index (Phi) is 4.03. The SMILES string of the molecule is C1=C2CN3CC[C@]45c6ccccc6N6[C@H]4[C@H]([C@@H]2C[C@H]35)[C@@H](OC1)N1c2ccccc2[C@@]23CCN4CC5=CCO[C@H]6[C@@H]([C@@H]5C[C@H]42)[C@H]13. The summed E-state index contributed by atoms with van der Waals surface area (Å²) in [5.74, 6) is 1.96. The molecule has 0 N–H and O–H groups in total. The molecule has 0 amide bonds. The highest BCUT2D eigenvalue weighted by Gasteiger charge is 2.76. The van der Waals surface area contributed by atoms with Crippen LogP contribution in [0.4, 0.5) is 11.4 Å². The van der Waals surface area contributed by atoms with Crippen LogP contribution in [0.25, 0.3) is 0 Å². The molecule has 224 valence electrons. The minimum atomic E-state index is 0.0792. The molecule has 13 rings (SSSR count). The average Bonchev–Trinajstić information content (AvgIpc) is 3.71. The minimum absolute atomic E-state index is 0.0792. The fraction of sp³-hybridized carbons (Fsp3) is 0.579. The number of ether oxygens (including phenoxy) is 2. The Hall–Kier alpha value is -2.64. The van der Waals surface area contributed by atoms with Gasteiger partial charge in [0.05, 0.1) is 25.3 Å². The van der Waals surface area contributed by atoms with Crippen LogP contribution in [0.1, 0.15) is 36.8 Å². The van der Waals surface area contributed by atoms with Gasteiger partial charge in [-0.1, -0.05) is 59.7 Å². The summed E-state index contributed by atoms with van der Waals surface area (Å²) < 4.78 is 14.7. The predicted molar refractivity (Wildman–Crippen MR) is 168 cm³/mol. The van der Waals surface area contributed by atoms with Gasteiger partial charge in [0, 0.05) is 59.2 Å². The second-order valence-corrected chi connectivity index (χ2v) is 16.1. The Balaban J connectivity index is 1.15. The van der Waals surface area contributed by atoms with Crippen LogP contribution in [-0.4, -0.2) is 85.8 Å². The molecule has 9 heterocycles. The van der Waals surface area contributed by atoms with Gasteiger partial charge >= 0.3 is 0 Å². The third-order valence-electron chi connectivity index (χ3n) is 15.5. The van der Waals surface area contributed by atoms with Crippen molar-refractivity contribution in [2.75, 3.05) is 49.2 Å². The van der Waals surface area contributed by atoms with Crippen LogP contribution in [0.5, 0.6) is 0 Å². The van der Waals surface area contributed by atoms with E-state index in [1.807, 2.05) is 0 Å². The first-order valence-electron chi connectivity index (χ1n) is 17.6. The molecule has 2 aromatic rings. The quantitative estimate of drug-likeness (QED) is 0.431. The van der Waals surface area contributed by atoms with Crippen LogP contribution in [0.3, 0.4) is 0 Å². The second kappa shape index (κ2) is 7.49. The maximum Gasteiger partial charge on any atom is 0.136 e. The van der Waals surface area contributed by atoms with E-state index >= 15 is 0 Å². The molecule has 6 nitrogen and oxygen atoms in total. The van der Waals surface area contributed by atoms with E-state index in [1.54, 1.807) is 22.3 Å². The number of benzene rings is 2. The molecule has 5 saturated heterocycles. The molecule has 2 aromatic carbocycles.